The predicted molar refractivity (Wildman–Crippen MR) is 72.3 cm³/mol. The Morgan fingerprint density at radius 3 is 2.80 bits per heavy atom. The topological polar surface area (TPSA) is 63.2 Å². The number of alkyl halides is 2. The Labute approximate surface area is 116 Å². The highest BCUT2D eigenvalue weighted by molar-refractivity contribution is 5.95. The van der Waals surface area contributed by atoms with Gasteiger partial charge in [0.25, 0.3) is 12.3 Å². The van der Waals surface area contributed by atoms with Crippen molar-refractivity contribution in [3.05, 3.63) is 23.4 Å². The fraction of sp³-hybridized carbons (Fsp3) is 0.538. The van der Waals surface area contributed by atoms with Gasteiger partial charge in [-0.2, -0.15) is 0 Å². The average Bonchev–Trinajstić information content (AvgIpc) is 2.45. The number of halogens is 2. The Kier molecular flexibility index (Phi) is 6.86. The molecule has 5 nitrogen and oxygen atoms in total. The number of carbonyl (C=O) groups excluding carboxylic acids is 1. The summed E-state index contributed by atoms with van der Waals surface area (Å²) in [6.45, 7) is 1.57. The second kappa shape index (κ2) is 8.42. The van der Waals surface area contributed by atoms with Crippen LogP contribution in [0.15, 0.2) is 12.1 Å². The number of anilines is 1. The highest BCUT2D eigenvalue weighted by Gasteiger charge is 2.09. The van der Waals surface area contributed by atoms with Gasteiger partial charge in [-0.1, -0.05) is 6.92 Å². The molecule has 20 heavy (non-hydrogen) atoms. The maximum atomic E-state index is 11.9. The van der Waals surface area contributed by atoms with Crippen LogP contribution in [0.5, 0.6) is 0 Å². The summed E-state index contributed by atoms with van der Waals surface area (Å²) >= 11 is 0. The molecule has 0 aliphatic heterocycles. The van der Waals surface area contributed by atoms with Gasteiger partial charge in [-0.3, -0.25) is 4.79 Å². The van der Waals surface area contributed by atoms with Gasteiger partial charge in [-0.05, 0) is 18.6 Å². The summed E-state index contributed by atoms with van der Waals surface area (Å²) in [6, 6.07) is 3.34. The molecule has 0 saturated heterocycles. The van der Waals surface area contributed by atoms with E-state index in [1.165, 1.54) is 0 Å². The van der Waals surface area contributed by atoms with E-state index in [4.69, 9.17) is 0 Å². The maximum Gasteiger partial charge on any atom is 0.261 e. The number of hydrogen-bond donors (Lipinski definition) is 2. The van der Waals surface area contributed by atoms with E-state index in [1.807, 2.05) is 6.92 Å². The van der Waals surface area contributed by atoms with E-state index in [2.05, 4.69) is 20.4 Å². The van der Waals surface area contributed by atoms with E-state index in [9.17, 15) is 13.6 Å². The zero-order valence-electron chi connectivity index (χ0n) is 11.6. The summed E-state index contributed by atoms with van der Waals surface area (Å²) in [5, 5.41) is 5.50. The molecule has 1 amide bonds. The van der Waals surface area contributed by atoms with Crippen LogP contribution in [0.1, 0.15) is 23.0 Å². The smallest absolute Gasteiger partial charge is 0.261 e. The van der Waals surface area contributed by atoms with E-state index < -0.39 is 13.0 Å². The van der Waals surface area contributed by atoms with Crippen molar-refractivity contribution < 1.29 is 18.3 Å². The minimum Gasteiger partial charge on any atom is -0.374 e. The molecule has 0 spiro atoms. The van der Waals surface area contributed by atoms with Gasteiger partial charge in [0, 0.05) is 24.8 Å². The highest BCUT2D eigenvalue weighted by Crippen LogP contribution is 2.10. The van der Waals surface area contributed by atoms with Crippen molar-refractivity contribution in [1.29, 1.82) is 0 Å². The van der Waals surface area contributed by atoms with Crippen molar-refractivity contribution >= 4 is 11.7 Å². The molecule has 1 aromatic heterocycles. The van der Waals surface area contributed by atoms with Gasteiger partial charge < -0.3 is 15.4 Å². The Morgan fingerprint density at radius 2 is 2.20 bits per heavy atom. The molecular weight excluding hydrogens is 268 g/mol. The Morgan fingerprint density at radius 1 is 1.45 bits per heavy atom. The Hall–Kier alpha value is -1.76. The van der Waals surface area contributed by atoms with Crippen molar-refractivity contribution in [2.24, 2.45) is 0 Å². The standard InChI is InChI=1S/C13H19F2N3O2/c1-3-10-6-9(7-12(16-2)18-10)13(19)17-4-5-20-8-11(14)15/h6-7,11H,3-5,8H2,1-2H3,(H,16,18)(H,17,19). The van der Waals surface area contributed by atoms with Crippen LogP contribution in [-0.2, 0) is 11.2 Å². The lowest BCUT2D eigenvalue weighted by Gasteiger charge is -2.09. The number of nitrogens with zero attached hydrogens (tertiary/aromatic N) is 1. The summed E-state index contributed by atoms with van der Waals surface area (Å²) in [7, 11) is 1.72. The predicted octanol–water partition coefficient (Wildman–Crippen LogP) is 1.70. The summed E-state index contributed by atoms with van der Waals surface area (Å²) in [5.41, 5.74) is 1.28. The number of pyridine rings is 1. The molecular formula is C13H19F2N3O2. The molecule has 1 aromatic rings. The van der Waals surface area contributed by atoms with Gasteiger partial charge in [0.05, 0.1) is 6.61 Å². The summed E-state index contributed by atoms with van der Waals surface area (Å²) in [5.74, 6) is 0.336. The second-order valence-corrected chi connectivity index (χ2v) is 4.06. The molecule has 2 N–H and O–H groups in total. The first-order chi connectivity index (χ1) is 9.56. The molecule has 0 unspecified atom stereocenters. The lowest BCUT2D eigenvalue weighted by Crippen LogP contribution is -2.28. The number of nitrogens with one attached hydrogen (secondary N) is 2. The Bertz CT molecular complexity index is 419. The molecule has 1 rings (SSSR count). The SMILES string of the molecule is CCc1cc(C(=O)NCCOCC(F)F)cc(NC)n1. The molecule has 0 aliphatic rings. The molecule has 0 radical (unpaired) electrons. The van der Waals surface area contributed by atoms with Crippen molar-refractivity contribution in [1.82, 2.24) is 10.3 Å². The lowest BCUT2D eigenvalue weighted by molar-refractivity contribution is 0.0188. The highest BCUT2D eigenvalue weighted by atomic mass is 19.3. The molecule has 1 heterocycles. The monoisotopic (exact) mass is 287 g/mol. The van der Waals surface area contributed by atoms with Crippen molar-refractivity contribution in [2.45, 2.75) is 19.8 Å². The number of rotatable bonds is 8. The first-order valence-corrected chi connectivity index (χ1v) is 6.39. The third-order valence-electron chi connectivity index (χ3n) is 2.53. The zero-order valence-corrected chi connectivity index (χ0v) is 11.6. The number of aromatic nitrogens is 1. The molecule has 0 saturated carbocycles. The minimum absolute atomic E-state index is 0.0562. The first kappa shape index (κ1) is 16.3. The second-order valence-electron chi connectivity index (χ2n) is 4.06. The summed E-state index contributed by atoms with van der Waals surface area (Å²) < 4.78 is 28.3. The van der Waals surface area contributed by atoms with Gasteiger partial charge >= 0.3 is 0 Å². The van der Waals surface area contributed by atoms with Crippen molar-refractivity contribution in [3.8, 4) is 0 Å². The molecule has 0 atom stereocenters. The Balaban J connectivity index is 2.50. The van der Waals surface area contributed by atoms with Crippen molar-refractivity contribution in [3.63, 3.8) is 0 Å². The molecule has 0 fully saturated rings. The number of amides is 1. The van der Waals surface area contributed by atoms with Gasteiger partial charge in [0.1, 0.15) is 12.4 Å². The van der Waals surface area contributed by atoms with Crippen LogP contribution < -0.4 is 10.6 Å². The lowest BCUT2D eigenvalue weighted by atomic mass is 10.2. The third-order valence-corrected chi connectivity index (χ3v) is 2.53. The maximum absolute atomic E-state index is 11.9. The van der Waals surface area contributed by atoms with E-state index in [0.29, 0.717) is 17.8 Å². The van der Waals surface area contributed by atoms with Crippen LogP contribution in [0.2, 0.25) is 0 Å². The average molecular weight is 287 g/mol. The number of hydrogen-bond acceptors (Lipinski definition) is 4. The van der Waals surface area contributed by atoms with E-state index in [0.717, 1.165) is 5.69 Å². The zero-order chi connectivity index (χ0) is 15.0. The van der Waals surface area contributed by atoms with Crippen LogP contribution in [0, 0.1) is 0 Å². The number of carbonyl (C=O) groups is 1. The quantitative estimate of drug-likeness (QED) is 0.714. The summed E-state index contributed by atoms with van der Waals surface area (Å²) in [6.07, 6.45) is -1.77. The molecule has 0 bridgehead atoms. The van der Waals surface area contributed by atoms with E-state index >= 15 is 0 Å². The molecule has 112 valence electrons. The van der Waals surface area contributed by atoms with Gasteiger partial charge in [0.2, 0.25) is 0 Å². The van der Waals surface area contributed by atoms with Gasteiger partial charge in [0.15, 0.2) is 0 Å². The first-order valence-electron chi connectivity index (χ1n) is 6.39. The van der Waals surface area contributed by atoms with Crippen LogP contribution in [0.3, 0.4) is 0 Å². The van der Waals surface area contributed by atoms with E-state index in [-0.39, 0.29) is 19.1 Å². The largest absolute Gasteiger partial charge is 0.374 e. The van der Waals surface area contributed by atoms with Crippen LogP contribution in [0.4, 0.5) is 14.6 Å². The summed E-state index contributed by atoms with van der Waals surface area (Å²) in [4.78, 5) is 16.2. The number of ether oxygens (including phenoxy) is 1. The normalized spacial score (nSPS) is 10.7. The minimum atomic E-state index is -2.49. The number of aryl methyl sites for hydroxylation is 1. The van der Waals surface area contributed by atoms with E-state index in [1.54, 1.807) is 19.2 Å². The van der Waals surface area contributed by atoms with Gasteiger partial charge in [-0.15, -0.1) is 0 Å². The molecule has 7 heteroatoms. The third kappa shape index (κ3) is 5.48. The van der Waals surface area contributed by atoms with Gasteiger partial charge in [-0.25, -0.2) is 13.8 Å². The van der Waals surface area contributed by atoms with Crippen molar-refractivity contribution in [2.75, 3.05) is 32.1 Å². The molecule has 0 aliphatic carbocycles. The van der Waals surface area contributed by atoms with Crippen LogP contribution >= 0.6 is 0 Å². The fourth-order valence-electron chi connectivity index (χ4n) is 1.54. The fourth-order valence-corrected chi connectivity index (χ4v) is 1.54. The van der Waals surface area contributed by atoms with Crippen LogP contribution in [0.25, 0.3) is 0 Å². The molecule has 0 aromatic carbocycles. The van der Waals surface area contributed by atoms with Crippen LogP contribution in [-0.4, -0.2) is 44.1 Å².